The van der Waals surface area contributed by atoms with Crippen LogP contribution in [0.1, 0.15) is 27.6 Å². The highest BCUT2D eigenvalue weighted by Crippen LogP contribution is 2.26. The first kappa shape index (κ1) is 15.9. The topological polar surface area (TPSA) is 57.0 Å². The van der Waals surface area contributed by atoms with Gasteiger partial charge in [0.1, 0.15) is 6.67 Å². The fourth-order valence-corrected chi connectivity index (χ4v) is 2.35. The summed E-state index contributed by atoms with van der Waals surface area (Å²) in [7, 11) is 0. The molecule has 0 aliphatic heterocycles. The molecule has 6 heteroatoms. The molecule has 0 aliphatic rings. The van der Waals surface area contributed by atoms with Crippen LogP contribution in [0.4, 0.5) is 4.39 Å². The van der Waals surface area contributed by atoms with Crippen molar-refractivity contribution in [1.29, 1.82) is 0 Å². The Bertz CT molecular complexity index is 751. The minimum atomic E-state index is -0.550. The van der Waals surface area contributed by atoms with Gasteiger partial charge in [0.25, 0.3) is 0 Å². The lowest BCUT2D eigenvalue weighted by Crippen LogP contribution is -2.13. The Kier molecular flexibility index (Phi) is 4.96. The van der Waals surface area contributed by atoms with Crippen molar-refractivity contribution in [3.63, 3.8) is 0 Å². The van der Waals surface area contributed by atoms with E-state index >= 15 is 0 Å². The van der Waals surface area contributed by atoms with E-state index in [1.165, 1.54) is 17.1 Å². The van der Waals surface area contributed by atoms with Crippen molar-refractivity contribution in [2.75, 3.05) is 6.67 Å². The monoisotopic (exact) mass is 325 g/mol. The number of nitrogens with zero attached hydrogens (tertiary/aromatic N) is 3. The summed E-state index contributed by atoms with van der Waals surface area (Å²) in [6, 6.07) is 13.1. The van der Waals surface area contributed by atoms with Crippen molar-refractivity contribution in [2.45, 2.75) is 12.6 Å². The number of ether oxygens (including phenoxy) is 1. The molecule has 122 valence electrons. The highest BCUT2D eigenvalue weighted by molar-refractivity contribution is 5.89. The normalized spacial score (nSPS) is 11.9. The molecule has 3 aromatic rings. The number of pyridine rings is 1. The van der Waals surface area contributed by atoms with Gasteiger partial charge in [-0.05, 0) is 17.7 Å². The Labute approximate surface area is 138 Å². The average Bonchev–Trinajstić information content (AvgIpc) is 3.10. The maximum atomic E-state index is 12.4. The SMILES string of the molecule is O=C(OC(c1ccccc1)c1ccncc1)c1cnn(CCF)c1. The molecule has 1 unspecified atom stereocenters. The van der Waals surface area contributed by atoms with Crippen LogP contribution in [0.3, 0.4) is 0 Å². The molecular weight excluding hydrogens is 309 g/mol. The van der Waals surface area contributed by atoms with Crippen LogP contribution < -0.4 is 0 Å². The molecule has 0 fully saturated rings. The van der Waals surface area contributed by atoms with Crippen LogP contribution in [-0.2, 0) is 11.3 Å². The Morgan fingerprint density at radius 1 is 1.12 bits per heavy atom. The van der Waals surface area contributed by atoms with E-state index in [1.54, 1.807) is 24.5 Å². The van der Waals surface area contributed by atoms with E-state index in [-0.39, 0.29) is 6.54 Å². The first-order valence-electron chi connectivity index (χ1n) is 7.52. The zero-order chi connectivity index (χ0) is 16.8. The van der Waals surface area contributed by atoms with Gasteiger partial charge in [0.15, 0.2) is 6.10 Å². The second-order valence-corrected chi connectivity index (χ2v) is 5.16. The summed E-state index contributed by atoms with van der Waals surface area (Å²) in [5.74, 6) is -0.509. The number of hydrogen-bond acceptors (Lipinski definition) is 4. The summed E-state index contributed by atoms with van der Waals surface area (Å²) in [6.07, 6.45) is 5.62. The van der Waals surface area contributed by atoms with Gasteiger partial charge in [-0.15, -0.1) is 0 Å². The third-order valence-corrected chi connectivity index (χ3v) is 3.52. The smallest absolute Gasteiger partial charge is 0.342 e. The second kappa shape index (κ2) is 7.50. The van der Waals surface area contributed by atoms with Crippen LogP contribution in [0.2, 0.25) is 0 Å². The molecule has 0 N–H and O–H groups in total. The maximum absolute atomic E-state index is 12.4. The van der Waals surface area contributed by atoms with E-state index in [0.29, 0.717) is 5.56 Å². The van der Waals surface area contributed by atoms with E-state index < -0.39 is 18.7 Å². The fraction of sp³-hybridized carbons (Fsp3) is 0.167. The quantitative estimate of drug-likeness (QED) is 0.653. The maximum Gasteiger partial charge on any atom is 0.342 e. The molecule has 0 saturated heterocycles. The number of carbonyl (C=O) groups excluding carboxylic acids is 1. The predicted molar refractivity (Wildman–Crippen MR) is 86.1 cm³/mol. The molecule has 0 bridgehead atoms. The molecule has 5 nitrogen and oxygen atoms in total. The Balaban J connectivity index is 1.85. The second-order valence-electron chi connectivity index (χ2n) is 5.16. The van der Waals surface area contributed by atoms with E-state index in [0.717, 1.165) is 11.1 Å². The van der Waals surface area contributed by atoms with Crippen LogP contribution in [0.15, 0.2) is 67.3 Å². The molecule has 0 spiro atoms. The molecule has 1 aromatic carbocycles. The Hall–Kier alpha value is -3.02. The van der Waals surface area contributed by atoms with Gasteiger partial charge in [0.2, 0.25) is 0 Å². The highest BCUT2D eigenvalue weighted by atomic mass is 19.1. The van der Waals surface area contributed by atoms with Crippen LogP contribution in [0.25, 0.3) is 0 Å². The first-order valence-corrected chi connectivity index (χ1v) is 7.52. The van der Waals surface area contributed by atoms with Crippen LogP contribution >= 0.6 is 0 Å². The Morgan fingerprint density at radius 2 is 1.83 bits per heavy atom. The molecule has 0 saturated carbocycles. The van der Waals surface area contributed by atoms with Gasteiger partial charge in [-0.3, -0.25) is 9.67 Å². The summed E-state index contributed by atoms with van der Waals surface area (Å²) in [6.45, 7) is -0.431. The molecule has 2 heterocycles. The number of hydrogen-bond donors (Lipinski definition) is 0. The van der Waals surface area contributed by atoms with Crippen molar-refractivity contribution < 1.29 is 13.9 Å². The number of benzene rings is 1. The minimum absolute atomic E-state index is 0.111. The van der Waals surface area contributed by atoms with Gasteiger partial charge in [0.05, 0.1) is 18.3 Å². The van der Waals surface area contributed by atoms with Gasteiger partial charge >= 0.3 is 5.97 Å². The zero-order valence-corrected chi connectivity index (χ0v) is 12.9. The van der Waals surface area contributed by atoms with E-state index in [1.807, 2.05) is 30.3 Å². The van der Waals surface area contributed by atoms with Crippen molar-refractivity contribution in [3.8, 4) is 0 Å². The predicted octanol–water partition coefficient (Wildman–Crippen LogP) is 3.19. The Morgan fingerprint density at radius 3 is 2.54 bits per heavy atom. The summed E-state index contributed by atoms with van der Waals surface area (Å²) >= 11 is 0. The minimum Gasteiger partial charge on any atom is -0.449 e. The molecule has 0 radical (unpaired) electrons. The third kappa shape index (κ3) is 3.65. The van der Waals surface area contributed by atoms with Crippen LogP contribution in [0.5, 0.6) is 0 Å². The van der Waals surface area contributed by atoms with Gasteiger partial charge in [-0.2, -0.15) is 5.10 Å². The molecule has 24 heavy (non-hydrogen) atoms. The van der Waals surface area contributed by atoms with Crippen molar-refractivity contribution >= 4 is 5.97 Å². The lowest BCUT2D eigenvalue weighted by molar-refractivity contribution is 0.0378. The lowest BCUT2D eigenvalue weighted by Gasteiger charge is -2.18. The molecule has 0 aliphatic carbocycles. The van der Waals surface area contributed by atoms with Crippen LogP contribution in [-0.4, -0.2) is 27.4 Å². The van der Waals surface area contributed by atoms with E-state index in [2.05, 4.69) is 10.1 Å². The molecule has 0 amide bonds. The summed E-state index contributed by atoms with van der Waals surface area (Å²) in [5.41, 5.74) is 1.97. The van der Waals surface area contributed by atoms with Gasteiger partial charge in [0, 0.05) is 24.2 Å². The average molecular weight is 325 g/mol. The van der Waals surface area contributed by atoms with Gasteiger partial charge in [-0.25, -0.2) is 9.18 Å². The van der Waals surface area contributed by atoms with Crippen molar-refractivity contribution in [3.05, 3.63) is 83.9 Å². The number of aromatic nitrogens is 3. The van der Waals surface area contributed by atoms with E-state index in [9.17, 15) is 9.18 Å². The highest BCUT2D eigenvalue weighted by Gasteiger charge is 2.21. The van der Waals surface area contributed by atoms with Gasteiger partial charge in [-0.1, -0.05) is 30.3 Å². The first-order chi connectivity index (χ1) is 11.8. The number of alkyl halides is 1. The van der Waals surface area contributed by atoms with Gasteiger partial charge < -0.3 is 4.74 Å². The molecule has 1 atom stereocenters. The summed E-state index contributed by atoms with van der Waals surface area (Å²) in [4.78, 5) is 16.4. The number of carbonyl (C=O) groups is 1. The van der Waals surface area contributed by atoms with Crippen molar-refractivity contribution in [2.24, 2.45) is 0 Å². The summed E-state index contributed by atoms with van der Waals surface area (Å²) < 4.78 is 19.4. The molecular formula is C18H16FN3O2. The van der Waals surface area contributed by atoms with E-state index in [4.69, 9.17) is 4.74 Å². The number of halogens is 1. The number of rotatable bonds is 6. The number of aryl methyl sites for hydroxylation is 1. The molecule has 2 aromatic heterocycles. The third-order valence-electron chi connectivity index (χ3n) is 3.52. The largest absolute Gasteiger partial charge is 0.449 e. The fourth-order valence-electron chi connectivity index (χ4n) is 2.35. The number of esters is 1. The summed E-state index contributed by atoms with van der Waals surface area (Å²) in [5, 5.41) is 3.95. The van der Waals surface area contributed by atoms with Crippen LogP contribution in [0, 0.1) is 0 Å². The molecule has 3 rings (SSSR count). The lowest BCUT2D eigenvalue weighted by atomic mass is 10.0. The standard InChI is InChI=1S/C18H16FN3O2/c19-8-11-22-13-16(12-21-22)18(23)24-17(14-4-2-1-3-5-14)15-6-9-20-10-7-15/h1-7,9-10,12-13,17H,8,11H2. The van der Waals surface area contributed by atoms with Crippen molar-refractivity contribution in [1.82, 2.24) is 14.8 Å². The zero-order valence-electron chi connectivity index (χ0n) is 12.9.